The van der Waals surface area contributed by atoms with Gasteiger partial charge in [0.15, 0.2) is 0 Å². The Bertz CT molecular complexity index is 1770. The molecule has 0 unspecified atom stereocenters. The van der Waals surface area contributed by atoms with Gasteiger partial charge in [0.2, 0.25) is 0 Å². The Kier molecular flexibility index (Phi) is 7.22. The van der Waals surface area contributed by atoms with E-state index in [1.54, 1.807) is 56.7 Å². The van der Waals surface area contributed by atoms with Crippen molar-refractivity contribution >= 4 is 46.5 Å². The summed E-state index contributed by atoms with van der Waals surface area (Å²) in [6.07, 6.45) is 2.96. The SMILES string of the molecule is COc1ccc(OC)c(C=CC(=O)Oc2ccc3cc4cc(-c5ccc(P(=O)(O)O)cc5)ccc4cc3c2)c1. The molecular weight excluding hydrogens is 515 g/mol. The van der Waals surface area contributed by atoms with Crippen LogP contribution in [0, 0.1) is 0 Å². The number of ether oxygens (including phenoxy) is 3. The summed E-state index contributed by atoms with van der Waals surface area (Å²) in [5.74, 6) is 1.17. The number of esters is 1. The highest BCUT2D eigenvalue weighted by atomic mass is 31.2. The van der Waals surface area contributed by atoms with Crippen molar-refractivity contribution in [3.8, 4) is 28.4 Å². The van der Waals surface area contributed by atoms with Crippen molar-refractivity contribution in [1.82, 2.24) is 0 Å². The minimum atomic E-state index is -4.28. The Labute approximate surface area is 225 Å². The molecule has 8 heteroatoms. The van der Waals surface area contributed by atoms with E-state index in [0.717, 1.165) is 32.7 Å². The highest BCUT2D eigenvalue weighted by molar-refractivity contribution is 7.60. The molecule has 0 fully saturated rings. The Morgan fingerprint density at radius 3 is 2.00 bits per heavy atom. The van der Waals surface area contributed by atoms with Gasteiger partial charge in [0.25, 0.3) is 0 Å². The number of fused-ring (bicyclic) bond motifs is 2. The van der Waals surface area contributed by atoms with E-state index in [4.69, 9.17) is 14.2 Å². The standard InChI is InChI=1S/C31H25O7P/c1-36-27-10-13-30(37-2)24(18-27)8-14-31(32)38-28-9-5-23-16-25-15-21(3-4-22(25)17-26(23)19-28)20-6-11-29(12-7-20)39(33,34)35/h3-19H,1-2H3,(H2,33,34,35). The molecule has 0 atom stereocenters. The number of hydrogen-bond donors (Lipinski definition) is 2. The van der Waals surface area contributed by atoms with Gasteiger partial charge >= 0.3 is 13.6 Å². The molecular formula is C31H25O7P. The Morgan fingerprint density at radius 1 is 0.692 bits per heavy atom. The maximum absolute atomic E-state index is 12.5. The first kappa shape index (κ1) is 26.2. The summed E-state index contributed by atoms with van der Waals surface area (Å²) in [6, 6.07) is 27.2. The van der Waals surface area contributed by atoms with Gasteiger partial charge in [0.05, 0.1) is 19.5 Å². The van der Waals surface area contributed by atoms with Gasteiger partial charge < -0.3 is 24.0 Å². The van der Waals surface area contributed by atoms with E-state index in [1.807, 2.05) is 36.4 Å². The Hall–Kier alpha value is -4.42. The number of carbonyl (C=O) groups is 1. The molecule has 0 aliphatic heterocycles. The van der Waals surface area contributed by atoms with Gasteiger partial charge in [-0.25, -0.2) is 4.79 Å². The molecule has 5 aromatic rings. The third kappa shape index (κ3) is 5.86. The lowest BCUT2D eigenvalue weighted by Crippen LogP contribution is -2.03. The topological polar surface area (TPSA) is 102 Å². The molecule has 0 aromatic heterocycles. The molecule has 7 nitrogen and oxygen atoms in total. The molecule has 5 rings (SSSR count). The third-order valence-corrected chi connectivity index (χ3v) is 7.33. The average Bonchev–Trinajstić information content (AvgIpc) is 2.94. The molecule has 0 aliphatic carbocycles. The highest BCUT2D eigenvalue weighted by Gasteiger charge is 2.16. The average molecular weight is 541 g/mol. The molecule has 0 radical (unpaired) electrons. The number of rotatable bonds is 7. The lowest BCUT2D eigenvalue weighted by atomic mass is 9.98. The fourth-order valence-electron chi connectivity index (χ4n) is 4.34. The minimum Gasteiger partial charge on any atom is -0.497 e. The summed E-state index contributed by atoms with van der Waals surface area (Å²) >= 11 is 0. The van der Waals surface area contributed by atoms with Gasteiger partial charge in [-0.1, -0.05) is 30.3 Å². The first-order valence-electron chi connectivity index (χ1n) is 12.0. The van der Waals surface area contributed by atoms with Gasteiger partial charge in [-0.15, -0.1) is 0 Å². The van der Waals surface area contributed by atoms with Crippen LogP contribution >= 0.6 is 7.60 Å². The summed E-state index contributed by atoms with van der Waals surface area (Å²) in [7, 11) is -1.15. The summed E-state index contributed by atoms with van der Waals surface area (Å²) < 4.78 is 27.6. The van der Waals surface area contributed by atoms with Gasteiger partial charge in [-0.3, -0.25) is 4.57 Å². The van der Waals surface area contributed by atoms with E-state index in [9.17, 15) is 19.1 Å². The van der Waals surface area contributed by atoms with Crippen molar-refractivity contribution < 1.29 is 33.4 Å². The minimum absolute atomic E-state index is 0.00921. The van der Waals surface area contributed by atoms with Gasteiger partial charge in [0, 0.05) is 11.6 Å². The molecule has 0 heterocycles. The first-order valence-corrected chi connectivity index (χ1v) is 13.6. The number of hydrogen-bond acceptors (Lipinski definition) is 5. The Balaban J connectivity index is 1.36. The molecule has 0 bridgehead atoms. The summed E-state index contributed by atoms with van der Waals surface area (Å²) in [6.45, 7) is 0. The van der Waals surface area contributed by atoms with E-state index in [1.165, 1.54) is 18.2 Å². The summed E-state index contributed by atoms with van der Waals surface area (Å²) in [4.78, 5) is 31.2. The van der Waals surface area contributed by atoms with Crippen LogP contribution in [0.4, 0.5) is 0 Å². The predicted molar refractivity (Wildman–Crippen MR) is 153 cm³/mol. The molecule has 5 aromatic carbocycles. The fraction of sp³-hybridized carbons (Fsp3) is 0.0645. The van der Waals surface area contributed by atoms with E-state index < -0.39 is 13.6 Å². The van der Waals surface area contributed by atoms with E-state index in [0.29, 0.717) is 22.8 Å². The van der Waals surface area contributed by atoms with Gasteiger partial charge in [0.1, 0.15) is 17.2 Å². The van der Waals surface area contributed by atoms with Crippen LogP contribution in [-0.2, 0) is 9.36 Å². The van der Waals surface area contributed by atoms with Crippen LogP contribution in [0.5, 0.6) is 17.2 Å². The highest BCUT2D eigenvalue weighted by Crippen LogP contribution is 2.34. The van der Waals surface area contributed by atoms with Crippen LogP contribution in [0.3, 0.4) is 0 Å². The molecule has 0 aliphatic rings. The normalized spacial score (nSPS) is 11.7. The second-order valence-corrected chi connectivity index (χ2v) is 10.5. The lowest BCUT2D eigenvalue weighted by Gasteiger charge is -2.09. The van der Waals surface area contributed by atoms with Gasteiger partial charge in [-0.05, 0) is 99.4 Å². The van der Waals surface area contributed by atoms with Crippen LogP contribution in [0.25, 0.3) is 38.7 Å². The zero-order valence-corrected chi connectivity index (χ0v) is 22.1. The van der Waals surface area contributed by atoms with Crippen molar-refractivity contribution in [1.29, 1.82) is 0 Å². The van der Waals surface area contributed by atoms with Gasteiger partial charge in [-0.2, -0.15) is 0 Å². The van der Waals surface area contributed by atoms with Crippen LogP contribution in [-0.4, -0.2) is 30.0 Å². The van der Waals surface area contributed by atoms with Crippen LogP contribution < -0.4 is 19.5 Å². The van der Waals surface area contributed by atoms with Crippen molar-refractivity contribution in [2.75, 3.05) is 14.2 Å². The largest absolute Gasteiger partial charge is 0.497 e. The van der Waals surface area contributed by atoms with E-state index in [2.05, 4.69) is 6.07 Å². The predicted octanol–water partition coefficient (Wildman–Crippen LogP) is 6.10. The number of carbonyl (C=O) groups excluding carboxylic acids is 1. The Morgan fingerprint density at radius 2 is 1.33 bits per heavy atom. The number of methoxy groups -OCH3 is 2. The summed E-state index contributed by atoms with van der Waals surface area (Å²) in [5, 5.41) is 3.91. The monoisotopic (exact) mass is 540 g/mol. The zero-order valence-electron chi connectivity index (χ0n) is 21.2. The molecule has 196 valence electrons. The van der Waals surface area contributed by atoms with E-state index in [-0.39, 0.29) is 5.30 Å². The smallest absolute Gasteiger partial charge is 0.356 e. The second-order valence-electron chi connectivity index (χ2n) is 8.88. The zero-order chi connectivity index (χ0) is 27.6. The maximum atomic E-state index is 12.5. The molecule has 2 N–H and O–H groups in total. The first-order chi connectivity index (χ1) is 18.7. The maximum Gasteiger partial charge on any atom is 0.356 e. The van der Waals surface area contributed by atoms with Crippen LogP contribution in [0.2, 0.25) is 0 Å². The fourth-order valence-corrected chi connectivity index (χ4v) is 4.88. The lowest BCUT2D eigenvalue weighted by molar-refractivity contribution is -0.128. The van der Waals surface area contributed by atoms with Crippen molar-refractivity contribution in [3.05, 3.63) is 103 Å². The van der Waals surface area contributed by atoms with Crippen molar-refractivity contribution in [2.45, 2.75) is 0 Å². The summed E-state index contributed by atoms with van der Waals surface area (Å²) in [5.41, 5.74) is 2.48. The molecule has 0 amide bonds. The quantitative estimate of drug-likeness (QED) is 0.0846. The number of benzene rings is 5. The third-order valence-electron chi connectivity index (χ3n) is 6.36. The van der Waals surface area contributed by atoms with Crippen molar-refractivity contribution in [3.63, 3.8) is 0 Å². The molecule has 0 saturated heterocycles. The molecule has 0 saturated carbocycles. The van der Waals surface area contributed by atoms with Crippen molar-refractivity contribution in [2.24, 2.45) is 0 Å². The van der Waals surface area contributed by atoms with Crippen LogP contribution in [0.1, 0.15) is 5.56 Å². The van der Waals surface area contributed by atoms with E-state index >= 15 is 0 Å². The molecule has 39 heavy (non-hydrogen) atoms. The second kappa shape index (κ2) is 10.8. The molecule has 0 spiro atoms. The van der Waals surface area contributed by atoms with Crippen LogP contribution in [0.15, 0.2) is 97.1 Å².